The van der Waals surface area contributed by atoms with E-state index in [1.54, 1.807) is 6.92 Å². The highest BCUT2D eigenvalue weighted by atomic mass is 16.7. The third-order valence-electron chi connectivity index (χ3n) is 2.18. The first-order valence-corrected chi connectivity index (χ1v) is 3.91. The maximum atomic E-state index is 11.3. The zero-order valence-electron chi connectivity index (χ0n) is 7.22. The maximum absolute atomic E-state index is 11.3. The lowest BCUT2D eigenvalue weighted by molar-refractivity contribution is -0.218. The normalized spacial score (nSPS) is 38.5. The Bertz CT molecular complexity index is 167. The lowest BCUT2D eigenvalue weighted by Crippen LogP contribution is -2.42. The molecule has 0 aliphatic carbocycles. The van der Waals surface area contributed by atoms with Gasteiger partial charge in [-0.05, 0) is 20.3 Å². The van der Waals surface area contributed by atoms with Crippen LogP contribution in [0.4, 0.5) is 0 Å². The van der Waals surface area contributed by atoms with E-state index in [2.05, 4.69) is 0 Å². The third-order valence-corrected chi connectivity index (χ3v) is 2.18. The fraction of sp³-hybridized carbons (Fsp3) is 0.875. The molecule has 11 heavy (non-hydrogen) atoms. The van der Waals surface area contributed by atoms with Crippen molar-refractivity contribution >= 4 is 5.97 Å². The number of hydrogen-bond donors (Lipinski definition) is 0. The summed E-state index contributed by atoms with van der Waals surface area (Å²) in [6, 6.07) is 0. The van der Waals surface area contributed by atoms with Gasteiger partial charge in [-0.15, -0.1) is 0 Å². The van der Waals surface area contributed by atoms with Crippen molar-refractivity contribution in [3.05, 3.63) is 0 Å². The fourth-order valence-electron chi connectivity index (χ4n) is 0.934. The lowest BCUT2D eigenvalue weighted by Gasteiger charge is -2.33. The fourth-order valence-corrected chi connectivity index (χ4v) is 0.934. The van der Waals surface area contributed by atoms with Crippen molar-refractivity contribution in [2.24, 2.45) is 5.41 Å². The van der Waals surface area contributed by atoms with Gasteiger partial charge in [-0.2, -0.15) is 0 Å². The standard InChI is InChI=1S/C8H14O3/c1-4-8(3)5-10-6(2)11-7(8)9/h6H,4-5H2,1-3H3. The molecule has 0 radical (unpaired) electrons. The molecule has 1 rings (SSSR count). The molecule has 1 aliphatic heterocycles. The number of carbonyl (C=O) groups excluding carboxylic acids is 1. The van der Waals surface area contributed by atoms with E-state index < -0.39 is 5.41 Å². The number of rotatable bonds is 1. The second-order valence-corrected chi connectivity index (χ2v) is 3.20. The summed E-state index contributed by atoms with van der Waals surface area (Å²) in [6.45, 7) is 6.03. The van der Waals surface area contributed by atoms with E-state index in [1.165, 1.54) is 0 Å². The van der Waals surface area contributed by atoms with Crippen LogP contribution in [0.25, 0.3) is 0 Å². The molecule has 1 heterocycles. The highest BCUT2D eigenvalue weighted by molar-refractivity contribution is 5.77. The molecule has 0 saturated carbocycles. The van der Waals surface area contributed by atoms with Crippen LogP contribution in [0.3, 0.4) is 0 Å². The van der Waals surface area contributed by atoms with E-state index >= 15 is 0 Å². The number of hydrogen-bond acceptors (Lipinski definition) is 3. The molecule has 1 aliphatic rings. The van der Waals surface area contributed by atoms with Gasteiger partial charge >= 0.3 is 5.97 Å². The van der Waals surface area contributed by atoms with Crippen LogP contribution >= 0.6 is 0 Å². The summed E-state index contributed by atoms with van der Waals surface area (Å²) in [5, 5.41) is 0. The summed E-state index contributed by atoms with van der Waals surface area (Å²) in [7, 11) is 0. The number of esters is 1. The van der Waals surface area contributed by atoms with Crippen molar-refractivity contribution in [1.29, 1.82) is 0 Å². The van der Waals surface area contributed by atoms with Gasteiger partial charge in [-0.25, -0.2) is 0 Å². The van der Waals surface area contributed by atoms with Crippen LogP contribution in [0.1, 0.15) is 27.2 Å². The Hall–Kier alpha value is -0.570. The van der Waals surface area contributed by atoms with Crippen LogP contribution in [0.2, 0.25) is 0 Å². The molecular formula is C8H14O3. The number of carbonyl (C=O) groups is 1. The van der Waals surface area contributed by atoms with Gasteiger partial charge in [0.15, 0.2) is 6.29 Å². The monoisotopic (exact) mass is 158 g/mol. The van der Waals surface area contributed by atoms with E-state index in [4.69, 9.17) is 9.47 Å². The van der Waals surface area contributed by atoms with Crippen molar-refractivity contribution in [3.63, 3.8) is 0 Å². The van der Waals surface area contributed by atoms with Crippen molar-refractivity contribution in [2.75, 3.05) is 6.61 Å². The van der Waals surface area contributed by atoms with Gasteiger partial charge in [-0.3, -0.25) is 4.79 Å². The molecule has 2 atom stereocenters. The van der Waals surface area contributed by atoms with Crippen LogP contribution in [0, 0.1) is 5.41 Å². The molecule has 0 spiro atoms. The second-order valence-electron chi connectivity index (χ2n) is 3.20. The predicted molar refractivity (Wildman–Crippen MR) is 39.9 cm³/mol. The van der Waals surface area contributed by atoms with Gasteiger partial charge in [0.25, 0.3) is 0 Å². The van der Waals surface area contributed by atoms with Gasteiger partial charge < -0.3 is 9.47 Å². The maximum Gasteiger partial charge on any atom is 0.316 e. The highest BCUT2D eigenvalue weighted by Crippen LogP contribution is 2.28. The summed E-state index contributed by atoms with van der Waals surface area (Å²) in [5.74, 6) is -0.140. The Morgan fingerprint density at radius 3 is 2.82 bits per heavy atom. The Labute approximate surface area is 66.7 Å². The summed E-state index contributed by atoms with van der Waals surface area (Å²) in [6.07, 6.45) is 0.389. The van der Waals surface area contributed by atoms with E-state index in [0.29, 0.717) is 6.61 Å². The minimum atomic E-state index is -0.424. The lowest BCUT2D eigenvalue weighted by atomic mass is 9.88. The molecule has 1 saturated heterocycles. The van der Waals surface area contributed by atoms with Crippen LogP contribution in [-0.2, 0) is 14.3 Å². The van der Waals surface area contributed by atoms with Crippen LogP contribution in [0.5, 0.6) is 0 Å². The minimum absolute atomic E-state index is 0.140. The van der Waals surface area contributed by atoms with Gasteiger partial charge in [-0.1, -0.05) is 6.92 Å². The van der Waals surface area contributed by atoms with E-state index in [0.717, 1.165) is 6.42 Å². The second kappa shape index (κ2) is 2.81. The molecule has 0 aromatic heterocycles. The minimum Gasteiger partial charge on any atom is -0.436 e. The molecule has 2 unspecified atom stereocenters. The summed E-state index contributed by atoms with van der Waals surface area (Å²) in [4.78, 5) is 11.3. The first-order valence-electron chi connectivity index (χ1n) is 3.91. The largest absolute Gasteiger partial charge is 0.436 e. The summed E-state index contributed by atoms with van der Waals surface area (Å²) < 4.78 is 10.1. The van der Waals surface area contributed by atoms with Crippen LogP contribution in [-0.4, -0.2) is 18.9 Å². The molecule has 1 fully saturated rings. The van der Waals surface area contributed by atoms with Crippen molar-refractivity contribution in [1.82, 2.24) is 0 Å². The molecule has 0 N–H and O–H groups in total. The number of ether oxygens (including phenoxy) is 2. The van der Waals surface area contributed by atoms with Crippen molar-refractivity contribution in [3.8, 4) is 0 Å². The van der Waals surface area contributed by atoms with E-state index in [-0.39, 0.29) is 12.3 Å². The molecule has 0 aromatic rings. The highest BCUT2D eigenvalue weighted by Gasteiger charge is 2.38. The van der Waals surface area contributed by atoms with Gasteiger partial charge in [0.1, 0.15) is 0 Å². The predicted octanol–water partition coefficient (Wildman–Crippen LogP) is 1.32. The van der Waals surface area contributed by atoms with Crippen molar-refractivity contribution in [2.45, 2.75) is 33.5 Å². The summed E-state index contributed by atoms with van der Waals surface area (Å²) >= 11 is 0. The summed E-state index contributed by atoms with van der Waals surface area (Å²) in [5.41, 5.74) is -0.424. The Morgan fingerprint density at radius 1 is 1.73 bits per heavy atom. The molecule has 0 bridgehead atoms. The molecule has 3 nitrogen and oxygen atoms in total. The molecule has 0 aromatic carbocycles. The third kappa shape index (κ3) is 1.53. The van der Waals surface area contributed by atoms with Crippen LogP contribution < -0.4 is 0 Å². The van der Waals surface area contributed by atoms with Crippen molar-refractivity contribution < 1.29 is 14.3 Å². The SMILES string of the molecule is CCC1(C)COC(C)OC1=O. The van der Waals surface area contributed by atoms with E-state index in [9.17, 15) is 4.79 Å². The Balaban J connectivity index is 2.64. The molecule has 64 valence electrons. The number of cyclic esters (lactones) is 1. The molecule has 3 heteroatoms. The van der Waals surface area contributed by atoms with E-state index in [1.807, 2.05) is 13.8 Å². The Morgan fingerprint density at radius 2 is 2.36 bits per heavy atom. The van der Waals surface area contributed by atoms with Crippen LogP contribution in [0.15, 0.2) is 0 Å². The quantitative estimate of drug-likeness (QED) is 0.540. The van der Waals surface area contributed by atoms with Gasteiger partial charge in [0.2, 0.25) is 0 Å². The average Bonchev–Trinajstić information content (AvgIpc) is 1.98. The smallest absolute Gasteiger partial charge is 0.316 e. The average molecular weight is 158 g/mol. The van der Waals surface area contributed by atoms with Gasteiger partial charge in [0, 0.05) is 0 Å². The molecular weight excluding hydrogens is 144 g/mol. The zero-order valence-corrected chi connectivity index (χ0v) is 7.22. The first-order chi connectivity index (χ1) is 5.08. The van der Waals surface area contributed by atoms with Gasteiger partial charge in [0.05, 0.1) is 12.0 Å². The Kier molecular flexibility index (Phi) is 2.18. The first kappa shape index (κ1) is 8.53. The molecule has 0 amide bonds. The zero-order chi connectivity index (χ0) is 8.48. The topological polar surface area (TPSA) is 35.5 Å².